The first kappa shape index (κ1) is 11.0. The zero-order valence-electron chi connectivity index (χ0n) is 8.40. The monoisotopic (exact) mass is 207 g/mol. The number of hydrogen-bond donors (Lipinski definition) is 0. The maximum absolute atomic E-state index is 8.76. The van der Waals surface area contributed by atoms with Crippen molar-refractivity contribution in [2.24, 2.45) is 5.92 Å². The van der Waals surface area contributed by atoms with E-state index in [2.05, 4.69) is 23.8 Å². The third-order valence-electron chi connectivity index (χ3n) is 1.70. The van der Waals surface area contributed by atoms with Gasteiger partial charge >= 0.3 is 0 Å². The average Bonchev–Trinajstić information content (AvgIpc) is 2.18. The number of nitrogens with zero attached hydrogens (tertiary/aromatic N) is 3. The van der Waals surface area contributed by atoms with E-state index < -0.39 is 0 Å². The van der Waals surface area contributed by atoms with Crippen LogP contribution in [0.2, 0.25) is 0 Å². The van der Waals surface area contributed by atoms with E-state index in [1.165, 1.54) is 0 Å². The number of thioether (sulfide) groups is 1. The van der Waals surface area contributed by atoms with Crippen molar-refractivity contribution in [1.29, 1.82) is 5.26 Å². The van der Waals surface area contributed by atoms with Gasteiger partial charge < -0.3 is 0 Å². The van der Waals surface area contributed by atoms with Crippen LogP contribution in [-0.2, 0) is 0 Å². The molecule has 0 radical (unpaired) electrons. The third-order valence-corrected chi connectivity index (χ3v) is 2.72. The van der Waals surface area contributed by atoms with Gasteiger partial charge in [0.05, 0.1) is 0 Å². The molecule has 0 amide bonds. The first-order chi connectivity index (χ1) is 6.74. The minimum Gasteiger partial charge on any atom is -0.245 e. The van der Waals surface area contributed by atoms with Crippen molar-refractivity contribution in [3.63, 3.8) is 0 Å². The second-order valence-corrected chi connectivity index (χ2v) is 4.44. The van der Waals surface area contributed by atoms with Crippen molar-refractivity contribution in [1.82, 2.24) is 9.97 Å². The quantitative estimate of drug-likeness (QED) is 0.712. The molecule has 0 unspecified atom stereocenters. The fourth-order valence-corrected chi connectivity index (χ4v) is 2.05. The largest absolute Gasteiger partial charge is 0.245 e. The van der Waals surface area contributed by atoms with Gasteiger partial charge in [-0.25, -0.2) is 9.97 Å². The summed E-state index contributed by atoms with van der Waals surface area (Å²) >= 11 is 1.60. The molecule has 0 saturated heterocycles. The molecule has 1 aromatic heterocycles. The number of hydrogen-bond acceptors (Lipinski definition) is 4. The molecular formula is C10H13N3S. The van der Waals surface area contributed by atoms with Gasteiger partial charge in [-0.2, -0.15) is 5.26 Å². The maximum Gasteiger partial charge on any atom is 0.172 e. The molecule has 0 fully saturated rings. The van der Waals surface area contributed by atoms with Gasteiger partial charge in [-0.3, -0.25) is 0 Å². The molecule has 1 aromatic rings. The van der Waals surface area contributed by atoms with Crippen molar-refractivity contribution >= 4 is 11.8 Å². The lowest BCUT2D eigenvalue weighted by Gasteiger charge is -2.03. The van der Waals surface area contributed by atoms with E-state index >= 15 is 0 Å². The minimum atomic E-state index is 0.432. The second-order valence-electron chi connectivity index (χ2n) is 3.35. The van der Waals surface area contributed by atoms with E-state index in [0.29, 0.717) is 11.6 Å². The van der Waals surface area contributed by atoms with Crippen LogP contribution in [0.1, 0.15) is 26.0 Å². The van der Waals surface area contributed by atoms with Crippen LogP contribution in [0.15, 0.2) is 17.4 Å². The smallest absolute Gasteiger partial charge is 0.172 e. The summed E-state index contributed by atoms with van der Waals surface area (Å²) in [6.07, 6.45) is 4.30. The molecule has 4 heteroatoms. The van der Waals surface area contributed by atoms with E-state index in [1.54, 1.807) is 24.2 Å². The molecule has 0 bridgehead atoms. The Hall–Kier alpha value is -1.08. The Labute approximate surface area is 88.6 Å². The Morgan fingerprint density at radius 3 is 2.79 bits per heavy atom. The van der Waals surface area contributed by atoms with Crippen molar-refractivity contribution in [3.05, 3.63) is 18.1 Å². The van der Waals surface area contributed by atoms with Crippen LogP contribution in [0.4, 0.5) is 0 Å². The van der Waals surface area contributed by atoms with Crippen LogP contribution in [0.5, 0.6) is 0 Å². The van der Waals surface area contributed by atoms with E-state index in [-0.39, 0.29) is 0 Å². The Balaban J connectivity index is 2.54. The van der Waals surface area contributed by atoms with E-state index in [0.717, 1.165) is 17.2 Å². The fourth-order valence-electron chi connectivity index (χ4n) is 0.899. The molecule has 3 nitrogen and oxygen atoms in total. The van der Waals surface area contributed by atoms with Crippen LogP contribution in [-0.4, -0.2) is 15.7 Å². The van der Waals surface area contributed by atoms with Crippen LogP contribution in [0.25, 0.3) is 0 Å². The number of rotatable bonds is 4. The number of nitriles is 1. The van der Waals surface area contributed by atoms with Gasteiger partial charge in [0.1, 0.15) is 11.1 Å². The van der Waals surface area contributed by atoms with Gasteiger partial charge in [0.15, 0.2) is 5.69 Å². The van der Waals surface area contributed by atoms with Crippen LogP contribution < -0.4 is 0 Å². The van der Waals surface area contributed by atoms with Crippen molar-refractivity contribution in [2.45, 2.75) is 25.3 Å². The highest BCUT2D eigenvalue weighted by Gasteiger charge is 2.04. The normalized spacial score (nSPS) is 10.1. The summed E-state index contributed by atoms with van der Waals surface area (Å²) in [4.78, 5) is 8.07. The molecule has 0 atom stereocenters. The van der Waals surface area contributed by atoms with Gasteiger partial charge in [0, 0.05) is 12.4 Å². The Morgan fingerprint density at radius 1 is 1.43 bits per heavy atom. The minimum absolute atomic E-state index is 0.432. The Bertz CT molecular complexity index is 330. The maximum atomic E-state index is 8.76. The van der Waals surface area contributed by atoms with E-state index in [4.69, 9.17) is 5.26 Å². The van der Waals surface area contributed by atoms with Crippen molar-refractivity contribution in [3.8, 4) is 6.07 Å². The molecular weight excluding hydrogens is 194 g/mol. The molecule has 1 rings (SSSR count). The lowest BCUT2D eigenvalue weighted by atomic mass is 10.2. The second kappa shape index (κ2) is 5.61. The Kier molecular flexibility index (Phi) is 4.41. The molecule has 0 aliphatic heterocycles. The van der Waals surface area contributed by atoms with Crippen LogP contribution in [0, 0.1) is 17.2 Å². The third kappa shape index (κ3) is 3.35. The molecule has 74 valence electrons. The van der Waals surface area contributed by atoms with Gasteiger partial charge in [0.25, 0.3) is 0 Å². The lowest BCUT2D eigenvalue weighted by molar-refractivity contribution is 0.632. The highest BCUT2D eigenvalue weighted by atomic mass is 32.2. The molecule has 0 aliphatic rings. The fraction of sp³-hybridized carbons (Fsp3) is 0.500. The summed E-state index contributed by atoms with van der Waals surface area (Å²) in [7, 11) is 0. The molecule has 0 aliphatic carbocycles. The predicted molar refractivity (Wildman–Crippen MR) is 56.9 cm³/mol. The van der Waals surface area contributed by atoms with Crippen molar-refractivity contribution in [2.75, 3.05) is 5.75 Å². The molecule has 0 saturated carbocycles. The van der Waals surface area contributed by atoms with E-state index in [9.17, 15) is 0 Å². The molecule has 0 aromatic carbocycles. The summed E-state index contributed by atoms with van der Waals surface area (Å²) in [5, 5.41) is 9.51. The summed E-state index contributed by atoms with van der Waals surface area (Å²) in [6.45, 7) is 4.37. The summed E-state index contributed by atoms with van der Waals surface area (Å²) in [6, 6.07) is 2.04. The average molecular weight is 207 g/mol. The highest BCUT2D eigenvalue weighted by Crippen LogP contribution is 2.19. The Morgan fingerprint density at radius 2 is 2.14 bits per heavy atom. The topological polar surface area (TPSA) is 49.6 Å². The SMILES string of the molecule is CC(C)CCSc1nccnc1C#N. The standard InChI is InChI=1S/C10H13N3S/c1-8(2)3-6-14-10-9(7-11)12-4-5-13-10/h4-5,8H,3,6H2,1-2H3. The van der Waals surface area contributed by atoms with Gasteiger partial charge in [-0.1, -0.05) is 13.8 Å². The molecule has 14 heavy (non-hydrogen) atoms. The zero-order chi connectivity index (χ0) is 10.4. The highest BCUT2D eigenvalue weighted by molar-refractivity contribution is 7.99. The lowest BCUT2D eigenvalue weighted by Crippen LogP contribution is -1.93. The molecule has 0 N–H and O–H groups in total. The van der Waals surface area contributed by atoms with Crippen molar-refractivity contribution < 1.29 is 0 Å². The summed E-state index contributed by atoms with van der Waals surface area (Å²) in [5.41, 5.74) is 0.432. The van der Waals surface area contributed by atoms with Gasteiger partial charge in [-0.05, 0) is 18.1 Å². The first-order valence-electron chi connectivity index (χ1n) is 4.58. The first-order valence-corrected chi connectivity index (χ1v) is 5.56. The van der Waals surface area contributed by atoms with Gasteiger partial charge in [-0.15, -0.1) is 11.8 Å². The van der Waals surface area contributed by atoms with Crippen LogP contribution >= 0.6 is 11.8 Å². The summed E-state index contributed by atoms with van der Waals surface area (Å²) < 4.78 is 0. The van der Waals surface area contributed by atoms with Crippen LogP contribution in [0.3, 0.4) is 0 Å². The zero-order valence-corrected chi connectivity index (χ0v) is 9.21. The number of aromatic nitrogens is 2. The van der Waals surface area contributed by atoms with Gasteiger partial charge in [0.2, 0.25) is 0 Å². The van der Waals surface area contributed by atoms with E-state index in [1.807, 2.05) is 6.07 Å². The predicted octanol–water partition coefficient (Wildman–Crippen LogP) is 2.49. The summed E-state index contributed by atoms with van der Waals surface area (Å²) in [5.74, 6) is 1.68. The molecule has 1 heterocycles. The molecule has 0 spiro atoms.